The van der Waals surface area contributed by atoms with Crippen LogP contribution in [0.5, 0.6) is 11.5 Å². The van der Waals surface area contributed by atoms with Crippen molar-refractivity contribution in [3.8, 4) is 11.5 Å². The minimum Gasteiger partial charge on any atom is -0.454 e. The smallest absolute Gasteiger partial charge is 0.254 e. The molecule has 4 rings (SSSR count). The van der Waals surface area contributed by atoms with Crippen LogP contribution in [0.3, 0.4) is 0 Å². The SMILES string of the molecule is Cc1ccc(C(=O)N2CCOC(CN(CC(C)C)C(=O)c3ccc4c(c3)OCO4)C2)cc1. The predicted octanol–water partition coefficient (Wildman–Crippen LogP) is 3.36. The van der Waals surface area contributed by atoms with Crippen molar-refractivity contribution in [3.05, 3.63) is 59.2 Å². The Bertz CT molecular complexity index is 973. The number of hydrogen-bond donors (Lipinski definition) is 0. The van der Waals surface area contributed by atoms with Crippen molar-refractivity contribution < 1.29 is 23.8 Å². The standard InChI is InChI=1S/C25H30N2O5/c1-17(2)13-27(25(29)20-8-9-22-23(12-20)32-16-31-22)15-21-14-26(10-11-30-21)24(28)19-6-4-18(3)5-7-19/h4-9,12,17,21H,10-11,13-16H2,1-3H3. The molecule has 1 fully saturated rings. The third-order valence-corrected chi connectivity index (χ3v) is 5.64. The van der Waals surface area contributed by atoms with Crippen molar-refractivity contribution in [2.45, 2.75) is 26.9 Å². The fourth-order valence-corrected chi connectivity index (χ4v) is 4.03. The molecular weight excluding hydrogens is 408 g/mol. The van der Waals surface area contributed by atoms with Gasteiger partial charge in [0.15, 0.2) is 11.5 Å². The van der Waals surface area contributed by atoms with E-state index in [2.05, 4.69) is 13.8 Å². The number of fused-ring (bicyclic) bond motifs is 1. The molecule has 2 amide bonds. The van der Waals surface area contributed by atoms with Gasteiger partial charge in [0, 0.05) is 37.3 Å². The number of carbonyl (C=O) groups excluding carboxylic acids is 2. The van der Waals surface area contributed by atoms with Crippen LogP contribution in [0.2, 0.25) is 0 Å². The van der Waals surface area contributed by atoms with Gasteiger partial charge in [0.1, 0.15) is 0 Å². The minimum atomic E-state index is -0.241. The molecule has 32 heavy (non-hydrogen) atoms. The molecule has 2 aliphatic rings. The highest BCUT2D eigenvalue weighted by Crippen LogP contribution is 2.33. The van der Waals surface area contributed by atoms with E-state index in [-0.39, 0.29) is 24.7 Å². The van der Waals surface area contributed by atoms with Gasteiger partial charge in [0.2, 0.25) is 6.79 Å². The Labute approximate surface area is 188 Å². The molecule has 1 saturated heterocycles. The quantitative estimate of drug-likeness (QED) is 0.692. The Morgan fingerprint density at radius 3 is 2.53 bits per heavy atom. The Morgan fingerprint density at radius 1 is 1.06 bits per heavy atom. The number of aryl methyl sites for hydroxylation is 1. The summed E-state index contributed by atoms with van der Waals surface area (Å²) in [4.78, 5) is 29.9. The molecule has 0 saturated carbocycles. The molecule has 2 aromatic carbocycles. The van der Waals surface area contributed by atoms with Crippen molar-refractivity contribution in [2.24, 2.45) is 5.92 Å². The van der Waals surface area contributed by atoms with E-state index in [0.717, 1.165) is 5.56 Å². The zero-order valence-electron chi connectivity index (χ0n) is 18.9. The van der Waals surface area contributed by atoms with Crippen LogP contribution in [0.1, 0.15) is 40.1 Å². The van der Waals surface area contributed by atoms with Crippen LogP contribution in [0, 0.1) is 12.8 Å². The summed E-state index contributed by atoms with van der Waals surface area (Å²) < 4.78 is 16.7. The van der Waals surface area contributed by atoms with Gasteiger partial charge in [-0.25, -0.2) is 0 Å². The molecule has 0 radical (unpaired) electrons. The number of morpholine rings is 1. The molecule has 2 heterocycles. The summed E-state index contributed by atoms with van der Waals surface area (Å²) in [5, 5.41) is 0. The lowest BCUT2D eigenvalue weighted by Crippen LogP contribution is -2.51. The molecule has 7 heteroatoms. The number of benzene rings is 2. The van der Waals surface area contributed by atoms with Crippen LogP contribution in [0.4, 0.5) is 0 Å². The van der Waals surface area contributed by atoms with Crippen LogP contribution >= 0.6 is 0 Å². The lowest BCUT2D eigenvalue weighted by Gasteiger charge is -2.36. The molecule has 0 aromatic heterocycles. The van der Waals surface area contributed by atoms with Crippen LogP contribution in [-0.2, 0) is 4.74 Å². The number of hydrogen-bond acceptors (Lipinski definition) is 5. The van der Waals surface area contributed by atoms with Gasteiger partial charge in [-0.2, -0.15) is 0 Å². The third-order valence-electron chi connectivity index (χ3n) is 5.64. The lowest BCUT2D eigenvalue weighted by molar-refractivity contribution is -0.0340. The number of amides is 2. The van der Waals surface area contributed by atoms with E-state index in [1.807, 2.05) is 41.0 Å². The van der Waals surface area contributed by atoms with Gasteiger partial charge in [0.05, 0.1) is 12.7 Å². The van der Waals surface area contributed by atoms with Crippen LogP contribution in [0.15, 0.2) is 42.5 Å². The second-order valence-corrected chi connectivity index (χ2v) is 8.78. The van der Waals surface area contributed by atoms with Crippen LogP contribution in [-0.4, -0.2) is 67.3 Å². The molecule has 170 valence electrons. The molecule has 0 spiro atoms. The van der Waals surface area contributed by atoms with Gasteiger partial charge in [-0.15, -0.1) is 0 Å². The fourth-order valence-electron chi connectivity index (χ4n) is 4.03. The summed E-state index contributed by atoms with van der Waals surface area (Å²) in [7, 11) is 0. The third kappa shape index (κ3) is 5.05. The number of ether oxygens (including phenoxy) is 3. The molecule has 2 aliphatic heterocycles. The van der Waals surface area contributed by atoms with Crippen LogP contribution < -0.4 is 9.47 Å². The molecule has 0 N–H and O–H groups in total. The van der Waals surface area contributed by atoms with E-state index in [1.165, 1.54) is 0 Å². The van der Waals surface area contributed by atoms with Crippen molar-refractivity contribution in [1.82, 2.24) is 9.80 Å². The van der Waals surface area contributed by atoms with Gasteiger partial charge in [-0.05, 0) is 43.2 Å². The van der Waals surface area contributed by atoms with Crippen LogP contribution in [0.25, 0.3) is 0 Å². The summed E-state index contributed by atoms with van der Waals surface area (Å²) >= 11 is 0. The molecular formula is C25H30N2O5. The van der Waals surface area contributed by atoms with Crippen molar-refractivity contribution in [3.63, 3.8) is 0 Å². The maximum atomic E-state index is 13.3. The van der Waals surface area contributed by atoms with Crippen molar-refractivity contribution in [2.75, 3.05) is 39.6 Å². The van der Waals surface area contributed by atoms with E-state index in [1.54, 1.807) is 18.2 Å². The zero-order chi connectivity index (χ0) is 22.7. The first kappa shape index (κ1) is 22.1. The average molecular weight is 439 g/mol. The van der Waals surface area contributed by atoms with Gasteiger partial charge in [-0.3, -0.25) is 9.59 Å². The maximum Gasteiger partial charge on any atom is 0.254 e. The molecule has 1 unspecified atom stereocenters. The minimum absolute atomic E-state index is 0.00388. The first-order valence-corrected chi connectivity index (χ1v) is 11.1. The highest BCUT2D eigenvalue weighted by molar-refractivity contribution is 5.95. The van der Waals surface area contributed by atoms with Crippen molar-refractivity contribution >= 4 is 11.8 Å². The van der Waals surface area contributed by atoms with Gasteiger partial charge in [0.25, 0.3) is 11.8 Å². The van der Waals surface area contributed by atoms with Crippen molar-refractivity contribution in [1.29, 1.82) is 0 Å². The second kappa shape index (κ2) is 9.61. The summed E-state index contributed by atoms with van der Waals surface area (Å²) in [5.41, 5.74) is 2.35. The Kier molecular flexibility index (Phi) is 6.65. The van der Waals surface area contributed by atoms with E-state index >= 15 is 0 Å². The molecule has 0 aliphatic carbocycles. The molecule has 2 aromatic rings. The van der Waals surface area contributed by atoms with Gasteiger partial charge >= 0.3 is 0 Å². The number of nitrogens with zero attached hydrogens (tertiary/aromatic N) is 2. The fraction of sp³-hybridized carbons (Fsp3) is 0.440. The Hall–Kier alpha value is -3.06. The molecule has 7 nitrogen and oxygen atoms in total. The summed E-state index contributed by atoms with van der Waals surface area (Å²) in [6.07, 6.45) is -0.241. The number of carbonyl (C=O) groups is 2. The first-order chi connectivity index (χ1) is 15.4. The molecule has 1 atom stereocenters. The molecule has 0 bridgehead atoms. The largest absolute Gasteiger partial charge is 0.454 e. The Morgan fingerprint density at radius 2 is 1.78 bits per heavy atom. The highest BCUT2D eigenvalue weighted by atomic mass is 16.7. The second-order valence-electron chi connectivity index (χ2n) is 8.78. The summed E-state index contributed by atoms with van der Waals surface area (Å²) in [5.74, 6) is 1.45. The maximum absolute atomic E-state index is 13.3. The van der Waals surface area contributed by atoms with Gasteiger partial charge < -0.3 is 24.0 Å². The highest BCUT2D eigenvalue weighted by Gasteiger charge is 2.29. The summed E-state index contributed by atoms with van der Waals surface area (Å²) in [6.45, 7) is 8.80. The topological polar surface area (TPSA) is 68.3 Å². The number of rotatable bonds is 6. The van der Waals surface area contributed by atoms with Gasteiger partial charge in [-0.1, -0.05) is 31.5 Å². The lowest BCUT2D eigenvalue weighted by atomic mass is 10.1. The summed E-state index contributed by atoms with van der Waals surface area (Å²) in [6, 6.07) is 12.9. The van der Waals surface area contributed by atoms with E-state index in [0.29, 0.717) is 61.3 Å². The van der Waals surface area contributed by atoms with E-state index in [4.69, 9.17) is 14.2 Å². The normalized spacial score (nSPS) is 17.5. The Balaban J connectivity index is 1.45. The first-order valence-electron chi connectivity index (χ1n) is 11.1. The zero-order valence-corrected chi connectivity index (χ0v) is 18.9. The average Bonchev–Trinajstić information content (AvgIpc) is 3.26. The van der Waals surface area contributed by atoms with E-state index < -0.39 is 0 Å². The van der Waals surface area contributed by atoms with E-state index in [9.17, 15) is 9.59 Å². The monoisotopic (exact) mass is 438 g/mol. The predicted molar refractivity (Wildman–Crippen MR) is 120 cm³/mol.